The number of hydrogen-bond donors (Lipinski definition) is 0. The summed E-state index contributed by atoms with van der Waals surface area (Å²) in [6, 6.07) is 15.1. The van der Waals surface area contributed by atoms with Crippen LogP contribution in [0.3, 0.4) is 0 Å². The largest absolute Gasteiger partial charge is 0.495 e. The van der Waals surface area contributed by atoms with E-state index in [1.165, 1.54) is 0 Å². The van der Waals surface area contributed by atoms with Gasteiger partial charge < -0.3 is 4.74 Å². The van der Waals surface area contributed by atoms with Crippen molar-refractivity contribution in [1.82, 2.24) is 0 Å². The summed E-state index contributed by atoms with van der Waals surface area (Å²) in [5.74, 6) is -0.494. The number of rotatable bonds is 2. The number of methoxy groups -OCH3 is 1. The Morgan fingerprint density at radius 1 is 0.792 bits per heavy atom. The summed E-state index contributed by atoms with van der Waals surface area (Å²) >= 11 is 1.58. The maximum Gasteiger partial charge on any atom is 0.237 e. The van der Waals surface area contributed by atoms with Gasteiger partial charge >= 0.3 is 0 Å². The Kier molecular flexibility index (Phi) is 3.43. The second-order valence-electron chi connectivity index (χ2n) is 5.57. The Morgan fingerprint density at radius 3 is 2.08 bits per heavy atom. The first-order valence-electron chi connectivity index (χ1n) is 7.54. The standard InChI is InChI=1S/C20H14O3S/c1-23-19-13-9-5-6-10-14(13)20(24-2)15-11-7-3-4-8-12(11)17(21)18(22)16(15)19/h3-10H,1-2H3. The molecule has 0 spiro atoms. The molecule has 0 aromatic heterocycles. The Balaban J connectivity index is 2.28. The molecule has 0 aliphatic heterocycles. The molecule has 0 saturated heterocycles. The van der Waals surface area contributed by atoms with E-state index in [0.717, 1.165) is 26.8 Å². The van der Waals surface area contributed by atoms with E-state index in [2.05, 4.69) is 0 Å². The first-order chi connectivity index (χ1) is 11.7. The molecule has 0 atom stereocenters. The summed E-state index contributed by atoms with van der Waals surface area (Å²) in [4.78, 5) is 26.4. The molecule has 118 valence electrons. The lowest BCUT2D eigenvalue weighted by molar-refractivity contribution is 0.0813. The minimum atomic E-state index is -0.499. The number of Topliss-reactive ketones (excluding diaryl/α,β-unsaturated/α-hetero) is 2. The van der Waals surface area contributed by atoms with E-state index in [-0.39, 0.29) is 0 Å². The normalized spacial score (nSPS) is 12.9. The topological polar surface area (TPSA) is 43.4 Å². The van der Waals surface area contributed by atoms with Gasteiger partial charge in [0.25, 0.3) is 0 Å². The molecule has 0 radical (unpaired) electrons. The molecule has 3 aromatic rings. The van der Waals surface area contributed by atoms with Crippen LogP contribution in [-0.2, 0) is 0 Å². The number of carbonyl (C=O) groups is 2. The first-order valence-corrected chi connectivity index (χ1v) is 8.76. The highest BCUT2D eigenvalue weighted by Crippen LogP contribution is 2.48. The molecule has 0 N–H and O–H groups in total. The Bertz CT molecular complexity index is 1020. The summed E-state index contributed by atoms with van der Waals surface area (Å²) in [6.07, 6.45) is 1.98. The molecule has 0 fully saturated rings. The minimum Gasteiger partial charge on any atom is -0.495 e. The summed E-state index contributed by atoms with van der Waals surface area (Å²) in [6.45, 7) is 0. The van der Waals surface area contributed by atoms with Gasteiger partial charge in [0.2, 0.25) is 11.6 Å². The zero-order chi connectivity index (χ0) is 16.8. The molecule has 1 aliphatic rings. The van der Waals surface area contributed by atoms with Crippen LogP contribution in [-0.4, -0.2) is 24.9 Å². The van der Waals surface area contributed by atoms with Gasteiger partial charge in [0.05, 0.1) is 12.7 Å². The van der Waals surface area contributed by atoms with Crippen molar-refractivity contribution in [2.24, 2.45) is 0 Å². The lowest BCUT2D eigenvalue weighted by Gasteiger charge is -2.24. The fraction of sp³-hybridized carbons (Fsp3) is 0.100. The Morgan fingerprint density at radius 2 is 1.42 bits per heavy atom. The van der Waals surface area contributed by atoms with Gasteiger partial charge in [-0.2, -0.15) is 0 Å². The fourth-order valence-corrected chi connectivity index (χ4v) is 4.22. The van der Waals surface area contributed by atoms with Gasteiger partial charge in [-0.15, -0.1) is 11.8 Å². The van der Waals surface area contributed by atoms with E-state index in [0.29, 0.717) is 16.9 Å². The van der Waals surface area contributed by atoms with E-state index >= 15 is 0 Å². The van der Waals surface area contributed by atoms with Crippen LogP contribution in [0.15, 0.2) is 53.4 Å². The molecule has 1 aliphatic carbocycles. The maximum absolute atomic E-state index is 12.8. The maximum atomic E-state index is 12.8. The van der Waals surface area contributed by atoms with Crippen molar-refractivity contribution < 1.29 is 14.3 Å². The molecular weight excluding hydrogens is 320 g/mol. The third kappa shape index (κ3) is 1.86. The number of ether oxygens (including phenoxy) is 1. The summed E-state index contributed by atoms with van der Waals surface area (Å²) in [5.41, 5.74) is 2.44. The second-order valence-corrected chi connectivity index (χ2v) is 6.38. The Labute approximate surface area is 143 Å². The third-order valence-corrected chi connectivity index (χ3v) is 5.24. The highest BCUT2D eigenvalue weighted by atomic mass is 32.2. The van der Waals surface area contributed by atoms with Crippen LogP contribution in [0.2, 0.25) is 0 Å². The van der Waals surface area contributed by atoms with Crippen LogP contribution >= 0.6 is 11.8 Å². The van der Waals surface area contributed by atoms with Crippen molar-refractivity contribution in [2.75, 3.05) is 13.4 Å². The number of thioether (sulfide) groups is 1. The molecule has 0 unspecified atom stereocenters. The van der Waals surface area contributed by atoms with Gasteiger partial charge in [-0.25, -0.2) is 0 Å². The lowest BCUT2D eigenvalue weighted by Crippen LogP contribution is -2.22. The highest BCUT2D eigenvalue weighted by molar-refractivity contribution is 7.99. The lowest BCUT2D eigenvalue weighted by atomic mass is 9.82. The van der Waals surface area contributed by atoms with Crippen molar-refractivity contribution in [1.29, 1.82) is 0 Å². The van der Waals surface area contributed by atoms with Gasteiger partial charge in [0, 0.05) is 21.4 Å². The molecule has 0 amide bonds. The third-order valence-electron chi connectivity index (χ3n) is 4.40. The van der Waals surface area contributed by atoms with Crippen molar-refractivity contribution in [3.05, 3.63) is 59.7 Å². The van der Waals surface area contributed by atoms with Gasteiger partial charge in [0.15, 0.2) is 0 Å². The predicted octanol–water partition coefficient (Wildman–Crippen LogP) is 4.62. The fourth-order valence-electron chi connectivity index (χ4n) is 3.41. The molecule has 4 rings (SSSR count). The van der Waals surface area contributed by atoms with Crippen LogP contribution in [0.25, 0.3) is 21.9 Å². The number of fused-ring (bicyclic) bond motifs is 4. The smallest absolute Gasteiger partial charge is 0.237 e. The summed E-state index contributed by atoms with van der Waals surface area (Å²) < 4.78 is 5.58. The van der Waals surface area contributed by atoms with Crippen LogP contribution in [0.5, 0.6) is 5.75 Å². The number of ketones is 2. The average molecular weight is 334 g/mol. The van der Waals surface area contributed by atoms with Crippen molar-refractivity contribution in [2.45, 2.75) is 4.90 Å². The van der Waals surface area contributed by atoms with E-state index in [4.69, 9.17) is 4.74 Å². The molecule has 3 nitrogen and oxygen atoms in total. The van der Waals surface area contributed by atoms with Gasteiger partial charge in [-0.1, -0.05) is 48.5 Å². The van der Waals surface area contributed by atoms with E-state index in [9.17, 15) is 9.59 Å². The quantitative estimate of drug-likeness (QED) is 0.507. The number of hydrogen-bond acceptors (Lipinski definition) is 4. The van der Waals surface area contributed by atoms with E-state index < -0.39 is 11.6 Å². The van der Waals surface area contributed by atoms with E-state index in [1.807, 2.05) is 42.7 Å². The van der Waals surface area contributed by atoms with E-state index in [1.54, 1.807) is 31.0 Å². The van der Waals surface area contributed by atoms with Gasteiger partial charge in [-0.05, 0) is 17.2 Å². The van der Waals surface area contributed by atoms with Gasteiger partial charge in [0.1, 0.15) is 5.75 Å². The molecule has 0 saturated carbocycles. The highest BCUT2D eigenvalue weighted by Gasteiger charge is 2.36. The zero-order valence-corrected chi connectivity index (χ0v) is 14.1. The minimum absolute atomic E-state index is 0.379. The zero-order valence-electron chi connectivity index (χ0n) is 13.3. The van der Waals surface area contributed by atoms with Crippen molar-refractivity contribution in [3.63, 3.8) is 0 Å². The summed E-state index contributed by atoms with van der Waals surface area (Å²) in [5, 5.41) is 1.88. The second kappa shape index (κ2) is 5.49. The SMILES string of the molecule is COc1c2c(c(SC)c3ccccc13)-c1ccccc1C(=O)C2=O. The molecular formula is C20H14O3S. The Hall–Kier alpha value is -2.59. The van der Waals surface area contributed by atoms with Crippen molar-refractivity contribution in [3.8, 4) is 16.9 Å². The van der Waals surface area contributed by atoms with Crippen LogP contribution in [0.4, 0.5) is 0 Å². The monoisotopic (exact) mass is 334 g/mol. The van der Waals surface area contributed by atoms with Crippen LogP contribution in [0.1, 0.15) is 20.7 Å². The van der Waals surface area contributed by atoms with Crippen molar-refractivity contribution >= 4 is 34.1 Å². The average Bonchev–Trinajstić information content (AvgIpc) is 2.64. The molecule has 0 heterocycles. The molecule has 4 heteroatoms. The number of benzene rings is 3. The number of carbonyl (C=O) groups excluding carboxylic acids is 2. The molecule has 0 bridgehead atoms. The molecule has 24 heavy (non-hydrogen) atoms. The van der Waals surface area contributed by atoms with Crippen LogP contribution in [0, 0.1) is 0 Å². The summed E-state index contributed by atoms with van der Waals surface area (Å²) in [7, 11) is 1.54. The van der Waals surface area contributed by atoms with Crippen LogP contribution < -0.4 is 4.74 Å². The molecule has 3 aromatic carbocycles. The van der Waals surface area contributed by atoms with Gasteiger partial charge in [-0.3, -0.25) is 9.59 Å². The predicted molar refractivity (Wildman–Crippen MR) is 96.4 cm³/mol. The first kappa shape index (κ1) is 15.0.